The molecule has 0 saturated heterocycles. The summed E-state index contributed by atoms with van der Waals surface area (Å²) in [4.78, 5) is 4.01. The van der Waals surface area contributed by atoms with Gasteiger partial charge >= 0.3 is 0 Å². The Bertz CT molecular complexity index is 292. The first-order chi connectivity index (χ1) is 6.24. The number of aliphatic hydroxyl groups excluding tert-OH is 1. The number of hydrogen-bond acceptors (Lipinski definition) is 3. The van der Waals surface area contributed by atoms with Crippen molar-refractivity contribution >= 4 is 0 Å². The Morgan fingerprint density at radius 1 is 1.62 bits per heavy atom. The molecule has 2 atom stereocenters. The van der Waals surface area contributed by atoms with Gasteiger partial charge in [-0.3, -0.25) is 4.98 Å². The van der Waals surface area contributed by atoms with E-state index in [1.54, 1.807) is 25.3 Å². The molecular weight excluding hydrogens is 164 g/mol. The topological polar surface area (TPSA) is 56.9 Å². The molecule has 0 fully saturated rings. The van der Waals surface area contributed by atoms with Crippen LogP contribution < -0.4 is 0 Å². The molecule has 0 aromatic carbocycles. The van der Waals surface area contributed by atoms with Crippen molar-refractivity contribution in [3.8, 4) is 6.07 Å². The number of aromatic nitrogens is 1. The van der Waals surface area contributed by atoms with Crippen LogP contribution in [0.1, 0.15) is 25.1 Å². The van der Waals surface area contributed by atoms with Gasteiger partial charge in [-0.25, -0.2) is 0 Å². The van der Waals surface area contributed by atoms with Crippen molar-refractivity contribution in [1.29, 1.82) is 5.26 Å². The highest BCUT2D eigenvalue weighted by Gasteiger charge is 2.12. The van der Waals surface area contributed by atoms with Gasteiger partial charge in [0.15, 0.2) is 0 Å². The van der Waals surface area contributed by atoms with Crippen LogP contribution in [0.4, 0.5) is 0 Å². The van der Waals surface area contributed by atoms with Crippen molar-refractivity contribution in [1.82, 2.24) is 4.98 Å². The summed E-state index contributed by atoms with van der Waals surface area (Å²) in [6.07, 6.45) is 1.44. The molecule has 1 rings (SSSR count). The second-order valence-electron chi connectivity index (χ2n) is 3.04. The molecular formula is C10H12N2O. The van der Waals surface area contributed by atoms with E-state index < -0.39 is 6.10 Å². The number of rotatable bonds is 3. The van der Waals surface area contributed by atoms with E-state index >= 15 is 0 Å². The minimum atomic E-state index is -0.629. The maximum atomic E-state index is 9.61. The van der Waals surface area contributed by atoms with E-state index in [1.807, 2.05) is 6.07 Å². The third-order valence-electron chi connectivity index (χ3n) is 1.83. The summed E-state index contributed by atoms with van der Waals surface area (Å²) in [7, 11) is 0. The van der Waals surface area contributed by atoms with Gasteiger partial charge in [-0.2, -0.15) is 5.26 Å². The van der Waals surface area contributed by atoms with E-state index in [9.17, 15) is 5.11 Å². The molecule has 0 aliphatic rings. The Kier molecular flexibility index (Phi) is 3.41. The summed E-state index contributed by atoms with van der Waals surface area (Å²) in [5.41, 5.74) is 0.629. The minimum absolute atomic E-state index is 0.142. The number of nitrogens with zero attached hydrogens (tertiary/aromatic N) is 2. The third kappa shape index (κ3) is 2.85. The SMILES string of the molecule is CC(C#N)CC(O)c1ccccn1. The van der Waals surface area contributed by atoms with Crippen molar-refractivity contribution in [2.75, 3.05) is 0 Å². The zero-order valence-corrected chi connectivity index (χ0v) is 7.51. The summed E-state index contributed by atoms with van der Waals surface area (Å²) in [5, 5.41) is 18.2. The van der Waals surface area contributed by atoms with Gasteiger partial charge in [0.1, 0.15) is 0 Å². The van der Waals surface area contributed by atoms with Crippen molar-refractivity contribution in [3.63, 3.8) is 0 Å². The lowest BCUT2D eigenvalue weighted by molar-refractivity contribution is 0.152. The standard InChI is InChI=1S/C10H12N2O/c1-8(7-11)6-10(13)9-4-2-3-5-12-9/h2-5,8,10,13H,6H2,1H3. The first-order valence-corrected chi connectivity index (χ1v) is 4.22. The zero-order valence-electron chi connectivity index (χ0n) is 7.51. The van der Waals surface area contributed by atoms with Crippen LogP contribution in [-0.4, -0.2) is 10.1 Å². The third-order valence-corrected chi connectivity index (χ3v) is 1.83. The fraction of sp³-hybridized carbons (Fsp3) is 0.400. The average Bonchev–Trinajstić information content (AvgIpc) is 2.19. The monoisotopic (exact) mass is 176 g/mol. The van der Waals surface area contributed by atoms with Crippen LogP contribution in [0, 0.1) is 17.2 Å². The van der Waals surface area contributed by atoms with Crippen LogP contribution in [0.15, 0.2) is 24.4 Å². The molecule has 0 radical (unpaired) electrons. The molecule has 3 nitrogen and oxygen atoms in total. The van der Waals surface area contributed by atoms with Crippen LogP contribution in [-0.2, 0) is 0 Å². The lowest BCUT2D eigenvalue weighted by Gasteiger charge is -2.10. The molecule has 0 saturated carbocycles. The first kappa shape index (κ1) is 9.69. The van der Waals surface area contributed by atoms with Gasteiger partial charge < -0.3 is 5.11 Å². The Labute approximate surface area is 77.7 Å². The van der Waals surface area contributed by atoms with Crippen molar-refractivity contribution in [2.24, 2.45) is 5.92 Å². The molecule has 0 bridgehead atoms. The van der Waals surface area contributed by atoms with E-state index in [4.69, 9.17) is 5.26 Å². The number of nitriles is 1. The summed E-state index contributed by atoms with van der Waals surface area (Å²) in [6.45, 7) is 1.78. The van der Waals surface area contributed by atoms with Crippen LogP contribution >= 0.6 is 0 Å². The van der Waals surface area contributed by atoms with E-state index in [1.165, 1.54) is 0 Å². The predicted octanol–water partition coefficient (Wildman–Crippen LogP) is 1.66. The molecule has 68 valence electrons. The Morgan fingerprint density at radius 2 is 2.38 bits per heavy atom. The van der Waals surface area contributed by atoms with Crippen LogP contribution in [0.2, 0.25) is 0 Å². The van der Waals surface area contributed by atoms with E-state index in [-0.39, 0.29) is 5.92 Å². The van der Waals surface area contributed by atoms with Gasteiger partial charge in [0, 0.05) is 12.1 Å². The molecule has 1 N–H and O–H groups in total. The van der Waals surface area contributed by atoms with Crippen LogP contribution in [0.5, 0.6) is 0 Å². The summed E-state index contributed by atoms with van der Waals surface area (Å²) < 4.78 is 0. The highest BCUT2D eigenvalue weighted by molar-refractivity contribution is 5.07. The second-order valence-corrected chi connectivity index (χ2v) is 3.04. The van der Waals surface area contributed by atoms with Gasteiger partial charge in [-0.05, 0) is 25.5 Å². The lowest BCUT2D eigenvalue weighted by atomic mass is 10.0. The first-order valence-electron chi connectivity index (χ1n) is 4.22. The lowest BCUT2D eigenvalue weighted by Crippen LogP contribution is -2.04. The number of hydrogen-bond donors (Lipinski definition) is 1. The molecule has 1 aromatic heterocycles. The van der Waals surface area contributed by atoms with Gasteiger partial charge in [-0.1, -0.05) is 6.07 Å². The summed E-state index contributed by atoms with van der Waals surface area (Å²) in [6, 6.07) is 7.45. The van der Waals surface area contributed by atoms with E-state index in [0.717, 1.165) is 0 Å². The highest BCUT2D eigenvalue weighted by Crippen LogP contribution is 2.18. The smallest absolute Gasteiger partial charge is 0.0972 e. The predicted molar refractivity (Wildman–Crippen MR) is 48.6 cm³/mol. The van der Waals surface area contributed by atoms with Crippen molar-refractivity contribution in [3.05, 3.63) is 30.1 Å². The Hall–Kier alpha value is -1.40. The number of pyridine rings is 1. The normalized spacial score (nSPS) is 14.5. The molecule has 0 aliphatic heterocycles. The molecule has 3 heteroatoms. The largest absolute Gasteiger partial charge is 0.387 e. The van der Waals surface area contributed by atoms with Crippen LogP contribution in [0.3, 0.4) is 0 Å². The molecule has 2 unspecified atom stereocenters. The summed E-state index contributed by atoms with van der Waals surface area (Å²) >= 11 is 0. The van der Waals surface area contributed by atoms with Crippen molar-refractivity contribution in [2.45, 2.75) is 19.4 Å². The van der Waals surface area contributed by atoms with Gasteiger partial charge in [0.2, 0.25) is 0 Å². The zero-order chi connectivity index (χ0) is 9.68. The average molecular weight is 176 g/mol. The molecule has 0 aliphatic carbocycles. The highest BCUT2D eigenvalue weighted by atomic mass is 16.3. The fourth-order valence-corrected chi connectivity index (χ4v) is 1.08. The minimum Gasteiger partial charge on any atom is -0.387 e. The van der Waals surface area contributed by atoms with Crippen molar-refractivity contribution < 1.29 is 5.11 Å². The fourth-order valence-electron chi connectivity index (χ4n) is 1.08. The molecule has 13 heavy (non-hydrogen) atoms. The van der Waals surface area contributed by atoms with Crippen LogP contribution in [0.25, 0.3) is 0 Å². The second kappa shape index (κ2) is 4.58. The van der Waals surface area contributed by atoms with Gasteiger partial charge in [0.25, 0.3) is 0 Å². The molecule has 1 heterocycles. The molecule has 0 amide bonds. The molecule has 1 aromatic rings. The van der Waals surface area contributed by atoms with E-state index in [0.29, 0.717) is 12.1 Å². The maximum absolute atomic E-state index is 9.61. The number of aliphatic hydroxyl groups is 1. The van der Waals surface area contributed by atoms with Gasteiger partial charge in [0.05, 0.1) is 17.9 Å². The van der Waals surface area contributed by atoms with E-state index in [2.05, 4.69) is 11.1 Å². The van der Waals surface area contributed by atoms with Gasteiger partial charge in [-0.15, -0.1) is 0 Å². The molecule has 0 spiro atoms. The summed E-state index contributed by atoms with van der Waals surface area (Å²) in [5.74, 6) is -0.142. The maximum Gasteiger partial charge on any atom is 0.0972 e. The Balaban J connectivity index is 2.60. The Morgan fingerprint density at radius 3 is 2.92 bits per heavy atom. The quantitative estimate of drug-likeness (QED) is 0.762.